The van der Waals surface area contributed by atoms with Crippen LogP contribution in [-0.2, 0) is 32.0 Å². The summed E-state index contributed by atoms with van der Waals surface area (Å²) in [5, 5.41) is 14.0. The molecule has 6 rings (SSSR count). The van der Waals surface area contributed by atoms with Crippen LogP contribution in [0.2, 0.25) is 0 Å². The standard InChI is InChI=1S/C33H38N6O5S/c1-44-32(42)26(15-20-17-35-24-11-5-3-9-22(20)24)37-31(41)25(14-19-16-34-23-10-4-2-8-21(19)23)36-29(40)13-7-6-12-28-30-27(18-45-28)38-33(43)39-30/h2-5,8-11,16-17,25-28,30,34-35H,6-7,12-15,18H2,1H3,(H,36,40)(H,37,41)(H2,38,39,43)/t25-,26-,27-,28-,30-/m0/s1. The van der Waals surface area contributed by atoms with Crippen molar-refractivity contribution in [1.29, 1.82) is 0 Å². The van der Waals surface area contributed by atoms with Gasteiger partial charge in [0, 0.05) is 64.5 Å². The van der Waals surface area contributed by atoms with Crippen molar-refractivity contribution in [3.8, 4) is 0 Å². The lowest BCUT2D eigenvalue weighted by atomic mass is 10.0. The molecule has 2 aliphatic rings. The third kappa shape index (κ3) is 6.95. The number of urea groups is 1. The van der Waals surface area contributed by atoms with E-state index in [9.17, 15) is 19.2 Å². The minimum Gasteiger partial charge on any atom is -0.467 e. The van der Waals surface area contributed by atoms with E-state index in [0.717, 1.165) is 51.5 Å². The average Bonchev–Trinajstić information content (AvgIpc) is 3.82. The normalized spacial score (nSPS) is 20.3. The number of amides is 4. The SMILES string of the molecule is COC(=O)[C@H](Cc1c[nH]c2ccccc12)NC(=O)[C@H](Cc1c[nH]c2ccccc12)NC(=O)CCCC[C@@H]1SC[C@@H]2NC(=O)N[C@@H]21. The van der Waals surface area contributed by atoms with E-state index in [1.54, 1.807) is 0 Å². The van der Waals surface area contributed by atoms with Gasteiger partial charge in [0.15, 0.2) is 0 Å². The number of hydrogen-bond acceptors (Lipinski definition) is 6. The Morgan fingerprint density at radius 3 is 2.20 bits per heavy atom. The molecule has 0 saturated carbocycles. The maximum Gasteiger partial charge on any atom is 0.328 e. The van der Waals surface area contributed by atoms with Crippen LogP contribution in [0.4, 0.5) is 4.79 Å². The van der Waals surface area contributed by atoms with E-state index < -0.39 is 24.0 Å². The lowest BCUT2D eigenvalue weighted by Gasteiger charge is -2.22. The third-order valence-corrected chi connectivity index (χ3v) is 10.2. The quantitative estimate of drug-likeness (QED) is 0.0756. The molecule has 6 N–H and O–H groups in total. The first-order valence-electron chi connectivity index (χ1n) is 15.4. The molecule has 0 radical (unpaired) electrons. The lowest BCUT2D eigenvalue weighted by molar-refractivity contribution is -0.145. The van der Waals surface area contributed by atoms with Crippen LogP contribution in [-0.4, -0.2) is 76.1 Å². The van der Waals surface area contributed by atoms with Crippen molar-refractivity contribution in [3.63, 3.8) is 0 Å². The highest BCUT2D eigenvalue weighted by atomic mass is 32.2. The second kappa shape index (κ2) is 13.7. The number of carbonyl (C=O) groups excluding carboxylic acids is 4. The van der Waals surface area contributed by atoms with Gasteiger partial charge < -0.3 is 36.0 Å². The number of rotatable bonds is 13. The summed E-state index contributed by atoms with van der Waals surface area (Å²) < 4.78 is 5.05. The number of hydrogen-bond donors (Lipinski definition) is 6. The minimum atomic E-state index is -0.942. The van der Waals surface area contributed by atoms with Crippen molar-refractivity contribution in [2.24, 2.45) is 0 Å². The predicted octanol–water partition coefficient (Wildman–Crippen LogP) is 3.30. The number of H-pyrrole nitrogens is 2. The van der Waals surface area contributed by atoms with Gasteiger partial charge in [0.25, 0.3) is 0 Å². The van der Waals surface area contributed by atoms with Crippen molar-refractivity contribution in [2.75, 3.05) is 12.9 Å². The fraction of sp³-hybridized carbons (Fsp3) is 0.394. The van der Waals surface area contributed by atoms with Crippen LogP contribution < -0.4 is 21.3 Å². The molecule has 45 heavy (non-hydrogen) atoms. The fourth-order valence-corrected chi connectivity index (χ4v) is 7.94. The zero-order valence-electron chi connectivity index (χ0n) is 25.1. The van der Waals surface area contributed by atoms with E-state index in [2.05, 4.69) is 31.2 Å². The Bertz CT molecular complexity index is 1700. The Morgan fingerprint density at radius 1 is 0.889 bits per heavy atom. The molecule has 2 aliphatic heterocycles. The number of aromatic amines is 2. The van der Waals surface area contributed by atoms with Crippen LogP contribution in [0.15, 0.2) is 60.9 Å². The Labute approximate surface area is 265 Å². The molecule has 236 valence electrons. The number of carbonyl (C=O) groups is 4. The van der Waals surface area contributed by atoms with Gasteiger partial charge in [-0.3, -0.25) is 9.59 Å². The highest BCUT2D eigenvalue weighted by Crippen LogP contribution is 2.33. The van der Waals surface area contributed by atoms with Crippen LogP contribution in [0.5, 0.6) is 0 Å². The van der Waals surface area contributed by atoms with E-state index in [0.29, 0.717) is 11.7 Å². The molecular weight excluding hydrogens is 592 g/mol. The summed E-state index contributed by atoms with van der Waals surface area (Å²) in [6, 6.07) is 13.9. The summed E-state index contributed by atoms with van der Waals surface area (Å²) in [6.45, 7) is 0. The van der Waals surface area contributed by atoms with Crippen molar-refractivity contribution in [2.45, 2.75) is 67.9 Å². The topological polar surface area (TPSA) is 157 Å². The molecule has 0 bridgehead atoms. The number of unbranched alkanes of at least 4 members (excludes halogenated alkanes) is 1. The van der Waals surface area contributed by atoms with Crippen molar-refractivity contribution >= 4 is 57.4 Å². The molecule has 4 heterocycles. The molecule has 2 aromatic carbocycles. The van der Waals surface area contributed by atoms with Crippen molar-refractivity contribution in [1.82, 2.24) is 31.2 Å². The molecule has 4 aromatic rings. The summed E-state index contributed by atoms with van der Waals surface area (Å²) in [5.74, 6) is -0.353. The van der Waals surface area contributed by atoms with Gasteiger partial charge in [0.1, 0.15) is 12.1 Å². The second-order valence-corrected chi connectivity index (χ2v) is 13.0. The molecule has 2 saturated heterocycles. The summed E-state index contributed by atoms with van der Waals surface area (Å²) in [6.07, 6.45) is 6.82. The third-order valence-electron chi connectivity index (χ3n) is 8.73. The van der Waals surface area contributed by atoms with Crippen molar-refractivity contribution in [3.05, 3.63) is 72.1 Å². The zero-order chi connectivity index (χ0) is 31.3. The number of ether oxygens (including phenoxy) is 1. The summed E-state index contributed by atoms with van der Waals surface area (Å²) in [7, 11) is 1.29. The Hall–Kier alpha value is -4.45. The molecular formula is C33H38N6O5S. The predicted molar refractivity (Wildman–Crippen MR) is 174 cm³/mol. The molecule has 11 nitrogen and oxygen atoms in total. The van der Waals surface area contributed by atoms with E-state index in [4.69, 9.17) is 4.74 Å². The highest BCUT2D eigenvalue weighted by molar-refractivity contribution is 8.00. The number of fused-ring (bicyclic) bond motifs is 3. The lowest BCUT2D eigenvalue weighted by Crippen LogP contribution is -2.53. The number of methoxy groups -OCH3 is 1. The Morgan fingerprint density at radius 2 is 1.53 bits per heavy atom. The Kier molecular flexibility index (Phi) is 9.29. The maximum atomic E-state index is 13.8. The van der Waals surface area contributed by atoms with Gasteiger partial charge in [-0.1, -0.05) is 42.8 Å². The van der Waals surface area contributed by atoms with Crippen LogP contribution in [0, 0.1) is 0 Å². The number of thioether (sulfide) groups is 1. The molecule has 12 heteroatoms. The minimum absolute atomic E-state index is 0.106. The fourth-order valence-electron chi connectivity index (χ4n) is 6.40. The number of benzene rings is 2. The molecule has 2 fully saturated rings. The summed E-state index contributed by atoms with van der Waals surface area (Å²) in [4.78, 5) is 57.9. The number of esters is 1. The van der Waals surface area contributed by atoms with E-state index in [1.807, 2.05) is 72.7 Å². The first-order valence-corrected chi connectivity index (χ1v) is 16.4. The molecule has 0 unspecified atom stereocenters. The first-order chi connectivity index (χ1) is 21.9. The van der Waals surface area contributed by atoms with Gasteiger partial charge >= 0.3 is 12.0 Å². The largest absolute Gasteiger partial charge is 0.467 e. The van der Waals surface area contributed by atoms with Crippen LogP contribution in [0.25, 0.3) is 21.8 Å². The smallest absolute Gasteiger partial charge is 0.328 e. The monoisotopic (exact) mass is 630 g/mol. The van der Waals surface area contributed by atoms with Crippen molar-refractivity contribution < 1.29 is 23.9 Å². The van der Waals surface area contributed by atoms with Gasteiger partial charge in [0.05, 0.1) is 19.2 Å². The summed E-state index contributed by atoms with van der Waals surface area (Å²) >= 11 is 1.85. The number of aromatic nitrogens is 2. The number of nitrogens with one attached hydrogen (secondary N) is 6. The molecule has 0 spiro atoms. The number of para-hydroxylation sites is 2. The summed E-state index contributed by atoms with van der Waals surface area (Å²) in [5.41, 5.74) is 3.63. The van der Waals surface area contributed by atoms with Gasteiger partial charge in [0.2, 0.25) is 11.8 Å². The first kappa shape index (κ1) is 30.6. The zero-order valence-corrected chi connectivity index (χ0v) is 25.9. The molecule has 4 amide bonds. The van der Waals surface area contributed by atoms with Crippen LogP contribution >= 0.6 is 11.8 Å². The van der Waals surface area contributed by atoms with Crippen LogP contribution in [0.3, 0.4) is 0 Å². The highest BCUT2D eigenvalue weighted by Gasteiger charge is 2.42. The average molecular weight is 631 g/mol. The molecule has 0 aliphatic carbocycles. The van der Waals surface area contributed by atoms with Gasteiger partial charge in [-0.2, -0.15) is 11.8 Å². The van der Waals surface area contributed by atoms with Gasteiger partial charge in [-0.05, 0) is 36.1 Å². The Balaban J connectivity index is 1.12. The second-order valence-electron chi connectivity index (χ2n) is 11.7. The van der Waals surface area contributed by atoms with E-state index in [-0.39, 0.29) is 43.3 Å². The maximum absolute atomic E-state index is 13.8. The molecule has 5 atom stereocenters. The van der Waals surface area contributed by atoms with Crippen LogP contribution in [0.1, 0.15) is 36.8 Å². The molecule has 2 aromatic heterocycles. The van der Waals surface area contributed by atoms with E-state index in [1.165, 1.54) is 7.11 Å². The van der Waals surface area contributed by atoms with Gasteiger partial charge in [-0.15, -0.1) is 0 Å². The van der Waals surface area contributed by atoms with Gasteiger partial charge in [-0.25, -0.2) is 9.59 Å². The van der Waals surface area contributed by atoms with E-state index >= 15 is 0 Å².